The molecule has 1 N–H and O–H groups in total. The van der Waals surface area contributed by atoms with Crippen LogP contribution in [0.5, 0.6) is 0 Å². The number of nitrogens with one attached hydrogen (secondary N) is 1. The zero-order valence-corrected chi connectivity index (χ0v) is 15.6. The number of nitrogens with zero attached hydrogens (tertiary/aromatic N) is 3. The molecule has 0 spiro atoms. The zero-order valence-electron chi connectivity index (χ0n) is 14.0. The number of hydrogen-bond donors (Lipinski definition) is 1. The standard InChI is InChI=1S/C16H20N4OS2/c1-6-11-10(5)23-14-12(11)15(21)20(16(22)17-14)13-8(3)18-19(7-2)9(13)4/h6-7H2,1-5H3,(H,17,22). The minimum Gasteiger partial charge on any atom is -0.323 e. The van der Waals surface area contributed by atoms with Gasteiger partial charge in [0, 0.05) is 11.4 Å². The minimum atomic E-state index is -0.0493. The van der Waals surface area contributed by atoms with Crippen LogP contribution in [0.15, 0.2) is 4.79 Å². The van der Waals surface area contributed by atoms with Crippen LogP contribution in [0.25, 0.3) is 15.9 Å². The van der Waals surface area contributed by atoms with Crippen LogP contribution < -0.4 is 5.56 Å². The highest BCUT2D eigenvalue weighted by Crippen LogP contribution is 2.28. The normalized spacial score (nSPS) is 11.5. The number of aryl methyl sites for hydroxylation is 4. The Labute approximate surface area is 143 Å². The predicted octanol–water partition coefficient (Wildman–Crippen LogP) is 3.81. The van der Waals surface area contributed by atoms with E-state index in [1.165, 1.54) is 4.88 Å². The lowest BCUT2D eigenvalue weighted by atomic mass is 10.1. The molecule has 0 aromatic carbocycles. The highest BCUT2D eigenvalue weighted by molar-refractivity contribution is 7.71. The van der Waals surface area contributed by atoms with Crippen LogP contribution in [0.4, 0.5) is 0 Å². The molecule has 122 valence electrons. The largest absolute Gasteiger partial charge is 0.323 e. The minimum absolute atomic E-state index is 0.0493. The number of hydrogen-bond acceptors (Lipinski definition) is 4. The van der Waals surface area contributed by atoms with E-state index in [0.717, 1.165) is 45.8 Å². The maximum Gasteiger partial charge on any atom is 0.268 e. The second-order valence-corrected chi connectivity index (χ2v) is 7.21. The molecule has 0 saturated carbocycles. The highest BCUT2D eigenvalue weighted by Gasteiger charge is 2.19. The number of fused-ring (bicyclic) bond motifs is 1. The summed E-state index contributed by atoms with van der Waals surface area (Å²) in [6.07, 6.45) is 0.831. The predicted molar refractivity (Wildman–Crippen MR) is 97.7 cm³/mol. The smallest absolute Gasteiger partial charge is 0.268 e. The van der Waals surface area contributed by atoms with Gasteiger partial charge in [-0.3, -0.25) is 9.48 Å². The van der Waals surface area contributed by atoms with Crippen molar-refractivity contribution in [3.63, 3.8) is 0 Å². The van der Waals surface area contributed by atoms with Crippen molar-refractivity contribution in [2.45, 2.75) is 47.6 Å². The molecule has 0 radical (unpaired) electrons. The van der Waals surface area contributed by atoms with Gasteiger partial charge in [0.15, 0.2) is 4.77 Å². The van der Waals surface area contributed by atoms with Gasteiger partial charge in [0.05, 0.1) is 22.5 Å². The molecule has 5 nitrogen and oxygen atoms in total. The van der Waals surface area contributed by atoms with Crippen molar-refractivity contribution in [3.8, 4) is 5.69 Å². The summed E-state index contributed by atoms with van der Waals surface area (Å²) in [5.74, 6) is 0. The Balaban J connectivity index is 2.46. The molecular weight excluding hydrogens is 328 g/mol. The van der Waals surface area contributed by atoms with Gasteiger partial charge in [0.1, 0.15) is 4.83 Å². The lowest BCUT2D eigenvalue weighted by Gasteiger charge is -2.08. The molecule has 0 aliphatic heterocycles. The van der Waals surface area contributed by atoms with Gasteiger partial charge in [0.25, 0.3) is 5.56 Å². The molecule has 7 heteroatoms. The van der Waals surface area contributed by atoms with Gasteiger partial charge in [-0.25, -0.2) is 4.57 Å². The van der Waals surface area contributed by atoms with Crippen LogP contribution in [-0.4, -0.2) is 19.3 Å². The van der Waals surface area contributed by atoms with Crippen LogP contribution >= 0.6 is 23.6 Å². The molecule has 0 aliphatic carbocycles. The van der Waals surface area contributed by atoms with Crippen LogP contribution in [0.1, 0.15) is 35.7 Å². The number of thiophene rings is 1. The van der Waals surface area contributed by atoms with E-state index in [2.05, 4.69) is 23.9 Å². The van der Waals surface area contributed by atoms with E-state index in [1.807, 2.05) is 25.5 Å². The first-order valence-corrected chi connectivity index (χ1v) is 8.94. The monoisotopic (exact) mass is 348 g/mol. The SMILES string of the molecule is CCc1c(C)sc2[nH]c(=S)n(-c3c(C)nn(CC)c3C)c(=O)c12. The second-order valence-electron chi connectivity index (χ2n) is 5.60. The number of aromatic amines is 1. The highest BCUT2D eigenvalue weighted by atomic mass is 32.1. The van der Waals surface area contributed by atoms with Crippen molar-refractivity contribution < 1.29 is 0 Å². The quantitative estimate of drug-likeness (QED) is 0.732. The average molecular weight is 348 g/mol. The van der Waals surface area contributed by atoms with Crippen molar-refractivity contribution in [1.29, 1.82) is 0 Å². The summed E-state index contributed by atoms with van der Waals surface area (Å²) >= 11 is 7.08. The Bertz CT molecular complexity index is 1020. The third kappa shape index (κ3) is 2.30. The summed E-state index contributed by atoms with van der Waals surface area (Å²) in [5.41, 5.74) is 3.62. The fourth-order valence-electron chi connectivity index (χ4n) is 3.20. The zero-order chi connectivity index (χ0) is 16.9. The van der Waals surface area contributed by atoms with Crippen LogP contribution in [0.3, 0.4) is 0 Å². The molecule has 0 unspecified atom stereocenters. The molecule has 0 saturated heterocycles. The molecule has 0 aliphatic rings. The third-order valence-corrected chi connectivity index (χ3v) is 5.62. The fraction of sp³-hybridized carbons (Fsp3) is 0.438. The van der Waals surface area contributed by atoms with E-state index >= 15 is 0 Å². The summed E-state index contributed by atoms with van der Waals surface area (Å²) in [7, 11) is 0. The number of H-pyrrole nitrogens is 1. The van der Waals surface area contributed by atoms with Crippen molar-refractivity contribution in [2.75, 3.05) is 0 Å². The Morgan fingerprint density at radius 3 is 2.52 bits per heavy atom. The second kappa shape index (κ2) is 5.72. The topological polar surface area (TPSA) is 55.6 Å². The lowest BCUT2D eigenvalue weighted by Crippen LogP contribution is -2.22. The van der Waals surface area contributed by atoms with Crippen LogP contribution in [-0.2, 0) is 13.0 Å². The first-order valence-electron chi connectivity index (χ1n) is 7.72. The maximum atomic E-state index is 13.2. The van der Waals surface area contributed by atoms with Gasteiger partial charge in [0.2, 0.25) is 0 Å². The van der Waals surface area contributed by atoms with Gasteiger partial charge in [-0.2, -0.15) is 5.10 Å². The lowest BCUT2D eigenvalue weighted by molar-refractivity contribution is 0.633. The summed E-state index contributed by atoms with van der Waals surface area (Å²) in [5, 5.41) is 5.27. The summed E-state index contributed by atoms with van der Waals surface area (Å²) in [4.78, 5) is 18.5. The Morgan fingerprint density at radius 1 is 1.26 bits per heavy atom. The summed E-state index contributed by atoms with van der Waals surface area (Å²) in [6, 6.07) is 0. The Morgan fingerprint density at radius 2 is 1.96 bits per heavy atom. The van der Waals surface area contributed by atoms with E-state index in [9.17, 15) is 4.79 Å². The maximum absolute atomic E-state index is 13.2. The molecule has 0 fully saturated rings. The number of aromatic nitrogens is 4. The molecule has 0 amide bonds. The van der Waals surface area contributed by atoms with E-state index in [-0.39, 0.29) is 5.56 Å². The average Bonchev–Trinajstić information content (AvgIpc) is 2.96. The molecule has 3 aromatic heterocycles. The number of rotatable bonds is 3. The Hall–Kier alpha value is -1.73. The van der Waals surface area contributed by atoms with Crippen LogP contribution in [0.2, 0.25) is 0 Å². The van der Waals surface area contributed by atoms with Gasteiger partial charge >= 0.3 is 0 Å². The molecule has 3 aromatic rings. The van der Waals surface area contributed by atoms with E-state index in [4.69, 9.17) is 12.2 Å². The molecular formula is C16H20N4OS2. The van der Waals surface area contributed by atoms with Gasteiger partial charge < -0.3 is 4.98 Å². The molecule has 3 heterocycles. The first kappa shape index (κ1) is 16.1. The summed E-state index contributed by atoms with van der Waals surface area (Å²) < 4.78 is 3.93. The molecule has 0 atom stereocenters. The van der Waals surface area contributed by atoms with Crippen molar-refractivity contribution in [2.24, 2.45) is 0 Å². The molecule has 3 rings (SSSR count). The third-order valence-electron chi connectivity index (χ3n) is 4.27. The van der Waals surface area contributed by atoms with Crippen LogP contribution in [0, 0.1) is 25.5 Å². The van der Waals surface area contributed by atoms with E-state index in [0.29, 0.717) is 4.77 Å². The van der Waals surface area contributed by atoms with Crippen molar-refractivity contribution in [3.05, 3.63) is 37.0 Å². The van der Waals surface area contributed by atoms with E-state index < -0.39 is 0 Å². The van der Waals surface area contributed by atoms with Crippen molar-refractivity contribution in [1.82, 2.24) is 19.3 Å². The molecule has 0 bridgehead atoms. The molecule has 23 heavy (non-hydrogen) atoms. The Kier molecular flexibility index (Phi) is 4.01. The summed E-state index contributed by atoms with van der Waals surface area (Å²) in [6.45, 7) is 10.8. The van der Waals surface area contributed by atoms with Gasteiger partial charge in [-0.15, -0.1) is 11.3 Å². The fourth-order valence-corrected chi connectivity index (χ4v) is 4.67. The van der Waals surface area contributed by atoms with E-state index in [1.54, 1.807) is 15.9 Å². The van der Waals surface area contributed by atoms with Gasteiger partial charge in [-0.05, 0) is 51.9 Å². The van der Waals surface area contributed by atoms with Crippen molar-refractivity contribution >= 4 is 33.8 Å². The van der Waals surface area contributed by atoms with Gasteiger partial charge in [-0.1, -0.05) is 6.92 Å². The first-order chi connectivity index (χ1) is 10.9.